The van der Waals surface area contributed by atoms with Gasteiger partial charge in [0.1, 0.15) is 0 Å². The van der Waals surface area contributed by atoms with E-state index in [2.05, 4.69) is 0 Å². The summed E-state index contributed by atoms with van der Waals surface area (Å²) >= 11 is 0. The number of amides is 2. The van der Waals surface area contributed by atoms with Crippen LogP contribution in [0.3, 0.4) is 0 Å². The Morgan fingerprint density at radius 2 is 1.70 bits per heavy atom. The second-order valence-corrected chi connectivity index (χ2v) is 1.31. The third kappa shape index (κ3) is 25.3. The minimum atomic E-state index is -0.407. The third-order valence-electron chi connectivity index (χ3n) is 0.441. The molecular formula is C3H8N3NaO3. The minimum Gasteiger partial charge on any atom is -0.444 e. The van der Waals surface area contributed by atoms with E-state index in [-0.39, 0.29) is 29.6 Å². The number of hydrogen-bond donors (Lipinski definition) is 1. The summed E-state index contributed by atoms with van der Waals surface area (Å²) in [5, 5.41) is 9.00. The number of hydrogen-bond acceptors (Lipinski definition) is 4. The van der Waals surface area contributed by atoms with Crippen molar-refractivity contribution in [3.8, 4) is 0 Å². The molecule has 0 radical (unpaired) electrons. The van der Waals surface area contributed by atoms with Crippen LogP contribution in [0.15, 0.2) is 5.34 Å². The maximum atomic E-state index is 9.85. The van der Waals surface area contributed by atoms with Gasteiger partial charge in [-0.3, -0.25) is 0 Å². The Bertz CT molecular complexity index is 97.0. The van der Waals surface area contributed by atoms with Crippen molar-refractivity contribution < 1.29 is 34.4 Å². The van der Waals surface area contributed by atoms with Gasteiger partial charge in [-0.25, -0.2) is 4.79 Å². The van der Waals surface area contributed by atoms with E-state index in [0.717, 1.165) is 5.34 Å². The van der Waals surface area contributed by atoms with Crippen LogP contribution in [0.1, 0.15) is 0 Å². The number of nitrogens with two attached hydrogens (primary N) is 1. The average Bonchev–Trinajstić information content (AvgIpc) is 1.68. The van der Waals surface area contributed by atoms with Crippen molar-refractivity contribution in [1.29, 1.82) is 0 Å². The molecule has 0 aliphatic heterocycles. The summed E-state index contributed by atoms with van der Waals surface area (Å²) in [6.07, 6.45) is 0. The second-order valence-electron chi connectivity index (χ2n) is 1.31. The topological polar surface area (TPSA) is 98.8 Å². The molecule has 6 nitrogen and oxygen atoms in total. The fourth-order valence-electron chi connectivity index (χ4n) is 0. The van der Waals surface area contributed by atoms with Crippen LogP contribution in [-0.4, -0.2) is 25.0 Å². The normalized spacial score (nSPS) is 5.80. The Balaban J connectivity index is -0.000000107. The standard InChI is InChI=1S/C3H8N2O.HNO2.Na/c1-5(2)3(4)6;2-1-3;/h1-2H3,(H2,4,6);(H,2,3);/q;;+1/p-1. The Labute approximate surface area is 80.6 Å². The fourth-order valence-corrected chi connectivity index (χ4v) is 0. The molecule has 0 heterocycles. The van der Waals surface area contributed by atoms with E-state index in [1.54, 1.807) is 14.1 Å². The first kappa shape index (κ1) is 16.3. The first-order valence-electron chi connectivity index (χ1n) is 1.98. The minimum absolute atomic E-state index is 0. The van der Waals surface area contributed by atoms with Gasteiger partial charge in [0.15, 0.2) is 0 Å². The maximum absolute atomic E-state index is 9.85. The van der Waals surface area contributed by atoms with Crippen LogP contribution in [0.4, 0.5) is 4.79 Å². The number of carbonyl (C=O) groups excluding carboxylic acids is 1. The van der Waals surface area contributed by atoms with Crippen LogP contribution in [0.2, 0.25) is 0 Å². The first-order chi connectivity index (χ1) is 4.06. The zero-order valence-corrected chi connectivity index (χ0v) is 8.20. The van der Waals surface area contributed by atoms with Gasteiger partial charge < -0.3 is 20.7 Å². The molecule has 2 amide bonds. The summed E-state index contributed by atoms with van der Waals surface area (Å²) in [4.78, 5) is 19.2. The molecule has 0 saturated heterocycles. The fraction of sp³-hybridized carbons (Fsp3) is 0.667. The Kier molecular flexibility index (Phi) is 18.7. The molecule has 54 valence electrons. The number of carbonyl (C=O) groups is 1. The zero-order chi connectivity index (χ0) is 7.86. The quantitative estimate of drug-likeness (QED) is 0.229. The maximum Gasteiger partial charge on any atom is 1.00 e. The molecule has 0 aromatic carbocycles. The van der Waals surface area contributed by atoms with E-state index in [9.17, 15) is 4.79 Å². The van der Waals surface area contributed by atoms with Crippen LogP contribution in [-0.2, 0) is 0 Å². The van der Waals surface area contributed by atoms with Crippen LogP contribution in [0, 0.1) is 10.1 Å². The molecule has 7 heteroatoms. The molecule has 0 aliphatic carbocycles. The van der Waals surface area contributed by atoms with Gasteiger partial charge in [-0.2, -0.15) is 0 Å². The number of primary amides is 1. The van der Waals surface area contributed by atoms with Crippen molar-refractivity contribution in [2.24, 2.45) is 11.1 Å². The number of rotatable bonds is 0. The summed E-state index contributed by atoms with van der Waals surface area (Å²) in [7, 11) is 3.20. The van der Waals surface area contributed by atoms with Gasteiger partial charge in [0.25, 0.3) is 0 Å². The molecule has 0 aromatic rings. The summed E-state index contributed by atoms with van der Waals surface area (Å²) in [6.45, 7) is 0. The van der Waals surface area contributed by atoms with E-state index in [4.69, 9.17) is 15.8 Å². The van der Waals surface area contributed by atoms with Crippen LogP contribution >= 0.6 is 0 Å². The SMILES string of the molecule is CN(C)C(N)=O.O=N[O-].[Na+]. The van der Waals surface area contributed by atoms with Gasteiger partial charge in [0.2, 0.25) is 0 Å². The molecule has 0 aliphatic rings. The van der Waals surface area contributed by atoms with Crippen molar-refractivity contribution in [3.05, 3.63) is 10.1 Å². The van der Waals surface area contributed by atoms with Crippen molar-refractivity contribution >= 4 is 6.03 Å². The monoisotopic (exact) mass is 157 g/mol. The summed E-state index contributed by atoms with van der Waals surface area (Å²) in [5.74, 6) is 0. The van der Waals surface area contributed by atoms with Crippen molar-refractivity contribution in [1.82, 2.24) is 4.90 Å². The van der Waals surface area contributed by atoms with E-state index >= 15 is 0 Å². The predicted molar refractivity (Wildman–Crippen MR) is 32.4 cm³/mol. The van der Waals surface area contributed by atoms with Crippen LogP contribution in [0.25, 0.3) is 0 Å². The molecule has 10 heavy (non-hydrogen) atoms. The van der Waals surface area contributed by atoms with Crippen molar-refractivity contribution in [2.75, 3.05) is 14.1 Å². The van der Waals surface area contributed by atoms with E-state index in [1.807, 2.05) is 0 Å². The van der Waals surface area contributed by atoms with E-state index in [1.165, 1.54) is 4.90 Å². The van der Waals surface area contributed by atoms with Gasteiger partial charge >= 0.3 is 35.6 Å². The van der Waals surface area contributed by atoms with Gasteiger partial charge in [0, 0.05) is 14.1 Å². The molecular weight excluding hydrogens is 149 g/mol. The average molecular weight is 157 g/mol. The molecule has 0 spiro atoms. The molecule has 0 saturated carbocycles. The van der Waals surface area contributed by atoms with Gasteiger partial charge in [-0.05, 0) is 0 Å². The van der Waals surface area contributed by atoms with Gasteiger partial charge in [0.05, 0.1) is 0 Å². The first-order valence-corrected chi connectivity index (χ1v) is 1.98. The Morgan fingerprint density at radius 3 is 1.70 bits per heavy atom. The zero-order valence-electron chi connectivity index (χ0n) is 6.20. The summed E-state index contributed by atoms with van der Waals surface area (Å²) < 4.78 is 0. The van der Waals surface area contributed by atoms with Gasteiger partial charge in [-0.1, -0.05) is 0 Å². The largest absolute Gasteiger partial charge is 1.00 e. The number of urea groups is 1. The third-order valence-corrected chi connectivity index (χ3v) is 0.441. The van der Waals surface area contributed by atoms with Crippen LogP contribution < -0.4 is 35.3 Å². The molecule has 0 rings (SSSR count). The smallest absolute Gasteiger partial charge is 0.444 e. The van der Waals surface area contributed by atoms with Gasteiger partial charge in [-0.15, -0.1) is 5.34 Å². The van der Waals surface area contributed by atoms with Crippen molar-refractivity contribution in [2.45, 2.75) is 0 Å². The Morgan fingerprint density at radius 1 is 1.60 bits per heavy atom. The van der Waals surface area contributed by atoms with Crippen molar-refractivity contribution in [3.63, 3.8) is 0 Å². The molecule has 0 aromatic heterocycles. The molecule has 2 N–H and O–H groups in total. The second kappa shape index (κ2) is 11.5. The van der Waals surface area contributed by atoms with E-state index < -0.39 is 6.03 Å². The van der Waals surface area contributed by atoms with Crippen LogP contribution in [0.5, 0.6) is 0 Å². The molecule has 0 fully saturated rings. The summed E-state index contributed by atoms with van der Waals surface area (Å²) in [6, 6.07) is -0.407. The summed E-state index contributed by atoms with van der Waals surface area (Å²) in [5.41, 5.74) is 4.72. The predicted octanol–water partition coefficient (Wildman–Crippen LogP) is -3.12. The number of nitrogens with zero attached hydrogens (tertiary/aromatic N) is 2. The molecule has 0 atom stereocenters. The Hall–Kier alpha value is -0.330. The molecule has 0 unspecified atom stereocenters. The molecule has 0 bridgehead atoms. The van der Waals surface area contributed by atoms with E-state index in [0.29, 0.717) is 0 Å².